The van der Waals surface area contributed by atoms with E-state index in [1.807, 2.05) is 65.3 Å². The standard InChI is InChI=1S/C24H17ClN4O/c25-17-12-10-16(11-13-17)23-20-21(18-8-4-5-9-19(18)30-23)28-24-26-14-27-29(24)22(20)15-6-2-1-3-7-15/h1-14,22-23H,(H,26,27,28). The molecule has 2 unspecified atom stereocenters. The predicted molar refractivity (Wildman–Crippen MR) is 116 cm³/mol. The molecule has 30 heavy (non-hydrogen) atoms. The van der Waals surface area contributed by atoms with E-state index in [-0.39, 0.29) is 12.1 Å². The van der Waals surface area contributed by atoms with E-state index in [1.54, 1.807) is 6.33 Å². The molecule has 1 N–H and O–H groups in total. The van der Waals surface area contributed by atoms with Gasteiger partial charge in [-0.3, -0.25) is 0 Å². The highest BCUT2D eigenvalue weighted by molar-refractivity contribution is 6.30. The second-order valence-corrected chi connectivity index (χ2v) is 7.78. The van der Waals surface area contributed by atoms with Crippen molar-refractivity contribution >= 4 is 23.2 Å². The Morgan fingerprint density at radius 1 is 0.867 bits per heavy atom. The molecule has 6 rings (SSSR count). The van der Waals surface area contributed by atoms with E-state index in [1.165, 1.54) is 0 Å². The molecule has 0 spiro atoms. The predicted octanol–water partition coefficient (Wildman–Crippen LogP) is 5.49. The van der Waals surface area contributed by atoms with Crippen molar-refractivity contribution in [3.63, 3.8) is 0 Å². The van der Waals surface area contributed by atoms with Crippen LogP contribution >= 0.6 is 11.6 Å². The first-order chi connectivity index (χ1) is 14.8. The highest BCUT2D eigenvalue weighted by Crippen LogP contribution is 2.50. The zero-order chi connectivity index (χ0) is 20.1. The van der Waals surface area contributed by atoms with Gasteiger partial charge in [0.1, 0.15) is 24.2 Å². The van der Waals surface area contributed by atoms with Gasteiger partial charge in [0.15, 0.2) is 0 Å². The summed E-state index contributed by atoms with van der Waals surface area (Å²) < 4.78 is 8.49. The number of anilines is 1. The van der Waals surface area contributed by atoms with Gasteiger partial charge in [-0.05, 0) is 35.4 Å². The third kappa shape index (κ3) is 2.63. The van der Waals surface area contributed by atoms with Gasteiger partial charge >= 0.3 is 0 Å². The van der Waals surface area contributed by atoms with Crippen LogP contribution < -0.4 is 10.1 Å². The molecule has 2 atom stereocenters. The minimum Gasteiger partial charge on any atom is -0.480 e. The van der Waals surface area contributed by atoms with E-state index in [4.69, 9.17) is 16.3 Å². The summed E-state index contributed by atoms with van der Waals surface area (Å²) in [7, 11) is 0. The molecule has 0 saturated heterocycles. The first-order valence-electron chi connectivity index (χ1n) is 9.76. The third-order valence-corrected chi connectivity index (χ3v) is 5.86. The maximum absolute atomic E-state index is 6.57. The molecule has 0 fully saturated rings. The molecule has 3 heterocycles. The van der Waals surface area contributed by atoms with E-state index in [0.29, 0.717) is 11.0 Å². The molecular formula is C24H17ClN4O. The Bertz CT molecular complexity index is 1260. The van der Waals surface area contributed by atoms with Gasteiger partial charge in [0, 0.05) is 16.2 Å². The Labute approximate surface area is 178 Å². The van der Waals surface area contributed by atoms with Gasteiger partial charge in [-0.15, -0.1) is 0 Å². The lowest BCUT2D eigenvalue weighted by molar-refractivity contribution is 0.223. The summed E-state index contributed by atoms with van der Waals surface area (Å²) in [5, 5.41) is 8.74. The molecule has 0 radical (unpaired) electrons. The van der Waals surface area contributed by atoms with Gasteiger partial charge < -0.3 is 10.1 Å². The number of hydrogen-bond acceptors (Lipinski definition) is 4. The van der Waals surface area contributed by atoms with Crippen molar-refractivity contribution in [2.24, 2.45) is 0 Å². The van der Waals surface area contributed by atoms with Gasteiger partial charge in [0.2, 0.25) is 5.95 Å². The molecule has 0 aliphatic carbocycles. The summed E-state index contributed by atoms with van der Waals surface area (Å²) in [6, 6.07) is 26.1. The number of hydrogen-bond donors (Lipinski definition) is 1. The van der Waals surface area contributed by atoms with Crippen molar-refractivity contribution in [3.8, 4) is 5.75 Å². The SMILES string of the molecule is Clc1ccc(C2Oc3ccccc3C3=C2C(c2ccccc2)n2ncnc2N3)cc1. The van der Waals surface area contributed by atoms with Gasteiger partial charge in [-0.25, -0.2) is 4.68 Å². The molecule has 0 saturated carbocycles. The molecule has 2 aliphatic rings. The first-order valence-corrected chi connectivity index (χ1v) is 10.1. The van der Waals surface area contributed by atoms with E-state index in [9.17, 15) is 0 Å². The average Bonchev–Trinajstić information content (AvgIpc) is 3.26. The van der Waals surface area contributed by atoms with Gasteiger partial charge in [0.05, 0.1) is 5.70 Å². The molecule has 2 aliphatic heterocycles. The minimum absolute atomic E-state index is 0.144. The molecule has 3 aromatic carbocycles. The number of benzene rings is 3. The smallest absolute Gasteiger partial charge is 0.226 e. The van der Waals surface area contributed by atoms with E-state index in [0.717, 1.165) is 33.7 Å². The van der Waals surface area contributed by atoms with Gasteiger partial charge in [-0.2, -0.15) is 10.1 Å². The van der Waals surface area contributed by atoms with Crippen molar-refractivity contribution in [3.05, 3.63) is 112 Å². The quantitative estimate of drug-likeness (QED) is 0.473. The number of halogens is 1. The number of aromatic nitrogens is 3. The summed E-state index contributed by atoms with van der Waals surface area (Å²) in [5.41, 5.74) is 5.30. The lowest BCUT2D eigenvalue weighted by Crippen LogP contribution is -2.32. The summed E-state index contributed by atoms with van der Waals surface area (Å²) in [6.45, 7) is 0. The van der Waals surface area contributed by atoms with Crippen LogP contribution in [0.15, 0.2) is 90.8 Å². The van der Waals surface area contributed by atoms with Gasteiger partial charge in [-0.1, -0.05) is 66.2 Å². The Morgan fingerprint density at radius 2 is 1.63 bits per heavy atom. The number of nitrogens with one attached hydrogen (secondary N) is 1. The van der Waals surface area contributed by atoms with Crippen LogP contribution in [0.1, 0.15) is 28.8 Å². The summed E-state index contributed by atoms with van der Waals surface area (Å²) in [4.78, 5) is 4.45. The topological polar surface area (TPSA) is 52.0 Å². The Morgan fingerprint density at radius 3 is 2.47 bits per heavy atom. The highest BCUT2D eigenvalue weighted by Gasteiger charge is 2.40. The molecule has 6 heteroatoms. The molecule has 146 valence electrons. The maximum Gasteiger partial charge on any atom is 0.226 e. The molecular weight excluding hydrogens is 396 g/mol. The molecule has 0 bridgehead atoms. The van der Waals surface area contributed by atoms with Crippen LogP contribution in [-0.4, -0.2) is 14.8 Å². The van der Waals surface area contributed by atoms with Crippen molar-refractivity contribution in [2.75, 3.05) is 5.32 Å². The first kappa shape index (κ1) is 17.3. The fourth-order valence-electron chi connectivity index (χ4n) is 4.29. The van der Waals surface area contributed by atoms with Crippen LogP contribution in [0.2, 0.25) is 5.02 Å². The van der Waals surface area contributed by atoms with Crippen molar-refractivity contribution in [2.45, 2.75) is 12.1 Å². The Kier molecular flexibility index (Phi) is 3.89. The van der Waals surface area contributed by atoms with E-state index >= 15 is 0 Å². The maximum atomic E-state index is 6.57. The van der Waals surface area contributed by atoms with Crippen LogP contribution in [0.4, 0.5) is 5.95 Å². The molecule has 5 nitrogen and oxygen atoms in total. The third-order valence-electron chi connectivity index (χ3n) is 5.61. The lowest BCUT2D eigenvalue weighted by Gasteiger charge is -2.39. The number of ether oxygens (including phenoxy) is 1. The molecule has 4 aromatic rings. The monoisotopic (exact) mass is 412 g/mol. The van der Waals surface area contributed by atoms with Crippen LogP contribution in [0, 0.1) is 0 Å². The fraction of sp³-hybridized carbons (Fsp3) is 0.0833. The number of fused-ring (bicyclic) bond motifs is 3. The number of nitrogens with zero attached hydrogens (tertiary/aromatic N) is 3. The lowest BCUT2D eigenvalue weighted by atomic mass is 9.84. The largest absolute Gasteiger partial charge is 0.480 e. The van der Waals surface area contributed by atoms with E-state index in [2.05, 4.69) is 33.6 Å². The zero-order valence-electron chi connectivity index (χ0n) is 15.9. The second-order valence-electron chi connectivity index (χ2n) is 7.34. The minimum atomic E-state index is -0.290. The second kappa shape index (κ2) is 6.75. The Hall–Kier alpha value is -3.57. The molecule has 1 aromatic heterocycles. The van der Waals surface area contributed by atoms with Crippen LogP contribution in [-0.2, 0) is 0 Å². The van der Waals surface area contributed by atoms with Crippen molar-refractivity contribution < 1.29 is 4.74 Å². The normalized spacial score (nSPS) is 19.2. The van der Waals surface area contributed by atoms with Crippen molar-refractivity contribution in [1.29, 1.82) is 0 Å². The fourth-order valence-corrected chi connectivity index (χ4v) is 4.41. The van der Waals surface area contributed by atoms with Gasteiger partial charge in [0.25, 0.3) is 0 Å². The summed E-state index contributed by atoms with van der Waals surface area (Å²) in [6.07, 6.45) is 1.29. The number of para-hydroxylation sites is 1. The van der Waals surface area contributed by atoms with Crippen molar-refractivity contribution in [1.82, 2.24) is 14.8 Å². The summed E-state index contributed by atoms with van der Waals surface area (Å²) >= 11 is 6.16. The molecule has 0 amide bonds. The average molecular weight is 413 g/mol. The van der Waals surface area contributed by atoms with Crippen LogP contribution in [0.25, 0.3) is 5.70 Å². The summed E-state index contributed by atoms with van der Waals surface area (Å²) in [5.74, 6) is 1.55. The zero-order valence-corrected chi connectivity index (χ0v) is 16.6. The number of rotatable bonds is 2. The van der Waals surface area contributed by atoms with Crippen LogP contribution in [0.3, 0.4) is 0 Å². The highest BCUT2D eigenvalue weighted by atomic mass is 35.5. The van der Waals surface area contributed by atoms with E-state index < -0.39 is 0 Å². The van der Waals surface area contributed by atoms with Crippen LogP contribution in [0.5, 0.6) is 5.75 Å². The Balaban J connectivity index is 1.63.